The summed E-state index contributed by atoms with van der Waals surface area (Å²) >= 11 is 0. The van der Waals surface area contributed by atoms with E-state index in [1.165, 1.54) is 57.9 Å². The molecule has 1 aliphatic carbocycles. The number of likely N-dealkylation sites (N-methyl/N-ethyl adjacent to an activating group) is 4. The van der Waals surface area contributed by atoms with E-state index in [0.717, 1.165) is 17.7 Å². The number of carbonyl (C=O) groups is 9. The van der Waals surface area contributed by atoms with Gasteiger partial charge in [-0.15, -0.1) is 0 Å². The van der Waals surface area contributed by atoms with Crippen LogP contribution in [-0.2, 0) is 47.8 Å². The van der Waals surface area contributed by atoms with Gasteiger partial charge in [-0.3, -0.25) is 43.3 Å². The number of ketones is 1. The minimum atomic E-state index is -1.53. The zero-order valence-corrected chi connectivity index (χ0v) is 43.2. The van der Waals surface area contributed by atoms with Gasteiger partial charge in [0, 0.05) is 21.1 Å². The highest BCUT2D eigenvalue weighted by atomic mass is 16.5. The topological polar surface area (TPSA) is 282 Å². The van der Waals surface area contributed by atoms with Gasteiger partial charge in [0.25, 0.3) is 5.91 Å². The van der Waals surface area contributed by atoms with E-state index >= 15 is 0 Å². The van der Waals surface area contributed by atoms with Gasteiger partial charge in [-0.1, -0.05) is 77.7 Å². The van der Waals surface area contributed by atoms with Crippen molar-refractivity contribution in [1.29, 1.82) is 0 Å². The highest BCUT2D eigenvalue weighted by molar-refractivity contribution is 5.99. The number of ether oxygens (including phenoxy) is 2. The molecule has 21 heteroatoms. The zero-order valence-electron chi connectivity index (χ0n) is 43.2. The standard InChI is InChI=1S/C48H70N10O11.C2H6/c1-10-30(11-2)39(50-6)47(66)69-26-36(55-42(61)35-24-51-33-20-14-15-21-34(33)54-35)43(62)53-28(4)45(64)57(8)38-23-17-16-22-37(29(5)59)56(7)44(63)27(3)52-41(60)32(49)25-68-48(67)40(58(9)46(38)65)31-18-12-13-19-31;1-2/h14-17,20-21,24,27-28,30-32,36-40,50H,10-13,18-19,22-23,25-26,49H2,1-9H3,(H,52,60)(H,53,62)(H,55,61);1-2H3/b17-16-;/t27?,28?,32?,36?,37-,38-,39?,40?;/m0./s1. The van der Waals surface area contributed by atoms with E-state index in [4.69, 9.17) is 15.2 Å². The molecule has 1 fully saturated rings. The highest BCUT2D eigenvalue weighted by Crippen LogP contribution is 2.31. The van der Waals surface area contributed by atoms with Gasteiger partial charge in [0.1, 0.15) is 61.2 Å². The third-order valence-electron chi connectivity index (χ3n) is 13.1. The Bertz CT molecular complexity index is 2210. The largest absolute Gasteiger partial charge is 0.462 e. The molecular weight excluding hydrogens is 917 g/mol. The Morgan fingerprint density at radius 3 is 2.17 bits per heavy atom. The second-order valence-corrected chi connectivity index (χ2v) is 17.9. The lowest BCUT2D eigenvalue weighted by Crippen LogP contribution is -2.59. The molecule has 2 aliphatic rings. The zero-order chi connectivity index (χ0) is 53.1. The average Bonchev–Trinajstić information content (AvgIpc) is 3.90. The molecular formula is C50H76N10O11. The van der Waals surface area contributed by atoms with Crippen molar-refractivity contribution in [1.82, 2.24) is 45.9 Å². The summed E-state index contributed by atoms with van der Waals surface area (Å²) in [6, 6.07) is -2.51. The van der Waals surface area contributed by atoms with E-state index in [1.807, 2.05) is 27.7 Å². The van der Waals surface area contributed by atoms with E-state index < -0.39 is 109 Å². The quantitative estimate of drug-likeness (QED) is 0.126. The van der Waals surface area contributed by atoms with Gasteiger partial charge < -0.3 is 51.2 Å². The average molecular weight is 993 g/mol. The normalized spacial score (nSPS) is 22.6. The summed E-state index contributed by atoms with van der Waals surface area (Å²) < 4.78 is 11.2. The Morgan fingerprint density at radius 2 is 1.56 bits per heavy atom. The van der Waals surface area contributed by atoms with Crippen molar-refractivity contribution in [3.05, 3.63) is 48.3 Å². The summed E-state index contributed by atoms with van der Waals surface area (Å²) in [7, 11) is 5.83. The second-order valence-electron chi connectivity index (χ2n) is 17.9. The molecule has 4 rings (SSSR count). The van der Waals surface area contributed by atoms with E-state index in [0.29, 0.717) is 36.7 Å². The number of nitrogens with zero attached hydrogens (tertiary/aromatic N) is 5. The third-order valence-corrected chi connectivity index (χ3v) is 13.1. The van der Waals surface area contributed by atoms with Crippen LogP contribution in [0.1, 0.15) is 110 Å². The van der Waals surface area contributed by atoms with Crippen LogP contribution in [-0.4, -0.2) is 168 Å². The molecule has 0 spiro atoms. The number of amides is 6. The Hall–Kier alpha value is -6.35. The molecule has 0 radical (unpaired) electrons. The summed E-state index contributed by atoms with van der Waals surface area (Å²) in [5.74, 6) is -6.64. The number of Topliss-reactive ketones (excluding diaryl/α,β-unsaturated/α-hetero) is 1. The maximum Gasteiger partial charge on any atom is 0.329 e. The molecule has 6 N–H and O–H groups in total. The Balaban J connectivity index is 0.00000657. The molecule has 1 aromatic heterocycles. The van der Waals surface area contributed by atoms with Gasteiger partial charge in [-0.2, -0.15) is 0 Å². The molecule has 1 aliphatic heterocycles. The van der Waals surface area contributed by atoms with Crippen LogP contribution in [0.5, 0.6) is 0 Å². The molecule has 2 aromatic rings. The number of fused-ring (bicyclic) bond motifs is 1. The maximum absolute atomic E-state index is 14.7. The number of rotatable bonds is 15. The van der Waals surface area contributed by atoms with E-state index in [9.17, 15) is 43.2 Å². The van der Waals surface area contributed by atoms with Gasteiger partial charge in [0.15, 0.2) is 5.78 Å². The lowest BCUT2D eigenvalue weighted by atomic mass is 9.94. The molecule has 1 saturated carbocycles. The fourth-order valence-corrected chi connectivity index (χ4v) is 8.84. The number of benzene rings is 1. The number of para-hydroxylation sites is 2. The summed E-state index contributed by atoms with van der Waals surface area (Å²) in [4.78, 5) is 136. The van der Waals surface area contributed by atoms with Crippen LogP contribution >= 0.6 is 0 Å². The monoisotopic (exact) mass is 993 g/mol. The molecule has 8 atom stereocenters. The number of cyclic esters (lactones) is 1. The number of esters is 2. The van der Waals surface area contributed by atoms with Gasteiger partial charge in [0.2, 0.25) is 29.5 Å². The Kier molecular flexibility index (Phi) is 23.7. The van der Waals surface area contributed by atoms with Crippen LogP contribution in [0.4, 0.5) is 0 Å². The number of carbonyl (C=O) groups excluding carboxylic acids is 9. The summed E-state index contributed by atoms with van der Waals surface area (Å²) in [5.41, 5.74) is 6.94. The van der Waals surface area contributed by atoms with Crippen molar-refractivity contribution in [2.24, 2.45) is 17.6 Å². The maximum atomic E-state index is 14.7. The van der Waals surface area contributed by atoms with Gasteiger partial charge >= 0.3 is 11.9 Å². The van der Waals surface area contributed by atoms with Crippen LogP contribution in [0.2, 0.25) is 0 Å². The molecule has 71 heavy (non-hydrogen) atoms. The lowest BCUT2D eigenvalue weighted by molar-refractivity contribution is -0.160. The lowest BCUT2D eigenvalue weighted by Gasteiger charge is -2.37. The van der Waals surface area contributed by atoms with Crippen molar-refractivity contribution in [3.63, 3.8) is 0 Å². The third kappa shape index (κ3) is 15.8. The van der Waals surface area contributed by atoms with Crippen LogP contribution < -0.4 is 27.0 Å². The molecule has 392 valence electrons. The minimum absolute atomic E-state index is 0.0186. The number of nitrogens with two attached hydrogens (primary N) is 1. The van der Waals surface area contributed by atoms with Crippen molar-refractivity contribution in [2.75, 3.05) is 41.4 Å². The fraction of sp³-hybridized carbons (Fsp3) is 0.620. The smallest absolute Gasteiger partial charge is 0.329 e. The fourth-order valence-electron chi connectivity index (χ4n) is 8.84. The first-order chi connectivity index (χ1) is 33.7. The van der Waals surface area contributed by atoms with E-state index in [1.54, 1.807) is 43.5 Å². The SMILES string of the molecule is CC.CCC(CC)C(NC)C(=O)OCC(NC(=O)c1cnc2ccccc2n1)C(=O)NC(C)C(=O)N(C)[C@H]1C/C=C\C[C@@H](C(C)=O)N(C)C(=O)C(C)NC(=O)C(N)COC(=O)C(C2CCCC2)N(C)C1=O. The molecule has 6 unspecified atom stereocenters. The van der Waals surface area contributed by atoms with Gasteiger partial charge in [0.05, 0.1) is 23.3 Å². The summed E-state index contributed by atoms with van der Waals surface area (Å²) in [6.45, 7) is 10.8. The summed E-state index contributed by atoms with van der Waals surface area (Å²) in [6.07, 6.45) is 8.43. The molecule has 0 saturated heterocycles. The first-order valence-electron chi connectivity index (χ1n) is 24.6. The van der Waals surface area contributed by atoms with Gasteiger partial charge in [-0.25, -0.2) is 9.78 Å². The van der Waals surface area contributed by atoms with Crippen molar-refractivity contribution in [2.45, 2.75) is 148 Å². The summed E-state index contributed by atoms with van der Waals surface area (Å²) in [5, 5.41) is 10.7. The number of nitrogens with one attached hydrogen (secondary N) is 4. The van der Waals surface area contributed by atoms with E-state index in [-0.39, 0.29) is 36.2 Å². The van der Waals surface area contributed by atoms with Crippen molar-refractivity contribution in [3.8, 4) is 0 Å². The van der Waals surface area contributed by atoms with E-state index in [2.05, 4.69) is 31.2 Å². The van der Waals surface area contributed by atoms with Crippen LogP contribution in [0.15, 0.2) is 42.6 Å². The predicted molar refractivity (Wildman–Crippen MR) is 265 cm³/mol. The predicted octanol–water partition coefficient (Wildman–Crippen LogP) is 1.81. The van der Waals surface area contributed by atoms with Crippen LogP contribution in [0.3, 0.4) is 0 Å². The first kappa shape index (κ1) is 59.0. The van der Waals surface area contributed by atoms with Crippen LogP contribution in [0.25, 0.3) is 11.0 Å². The number of aromatic nitrogens is 2. The molecule has 6 amide bonds. The highest BCUT2D eigenvalue weighted by Gasteiger charge is 2.42. The molecule has 1 aromatic carbocycles. The minimum Gasteiger partial charge on any atom is -0.462 e. The second kappa shape index (κ2) is 28.5. The molecule has 2 heterocycles. The molecule has 0 bridgehead atoms. The Labute approximate surface area is 417 Å². The van der Waals surface area contributed by atoms with Gasteiger partial charge in [-0.05, 0) is 77.5 Å². The van der Waals surface area contributed by atoms with Crippen molar-refractivity contribution >= 4 is 64.2 Å². The van der Waals surface area contributed by atoms with Crippen LogP contribution in [0, 0.1) is 11.8 Å². The van der Waals surface area contributed by atoms with Crippen molar-refractivity contribution < 1.29 is 52.6 Å². The molecule has 21 nitrogen and oxygen atoms in total. The number of hydrogen-bond donors (Lipinski definition) is 5. The number of hydrogen-bond acceptors (Lipinski definition) is 15. The first-order valence-corrected chi connectivity index (χ1v) is 24.6. The Morgan fingerprint density at radius 1 is 0.944 bits per heavy atom.